The van der Waals surface area contributed by atoms with Crippen molar-refractivity contribution in [2.45, 2.75) is 33.4 Å². The van der Waals surface area contributed by atoms with Crippen LogP contribution in [0.5, 0.6) is 0 Å². The van der Waals surface area contributed by atoms with E-state index in [1.807, 2.05) is 0 Å². The van der Waals surface area contributed by atoms with E-state index >= 15 is 0 Å². The number of rotatable bonds is 2. The highest BCUT2D eigenvalue weighted by molar-refractivity contribution is 4.38. The molecule has 0 radical (unpaired) electrons. The lowest BCUT2D eigenvalue weighted by molar-refractivity contribution is 0.576. The summed E-state index contributed by atoms with van der Waals surface area (Å²) in [6.45, 7) is -6.25. The third-order valence-electron chi connectivity index (χ3n) is 0.250. The zero-order valence-corrected chi connectivity index (χ0v) is 3.50. The summed E-state index contributed by atoms with van der Waals surface area (Å²) in [5, 5.41) is 0. The SMILES string of the molecule is [2H]C([2H])([2H])C([2H])(C([2H])([2H])[2H])C([2H])([2H])C([2H])([2H])C. The monoisotopic (exact) mass is 97.2 g/mol. The predicted molar refractivity (Wildman–Crippen MR) is 29.7 cm³/mol. The maximum Gasteiger partial charge on any atom is 0.0297 e. The summed E-state index contributed by atoms with van der Waals surface area (Å²) in [7, 11) is 0. The van der Waals surface area contributed by atoms with Crippen LogP contribution in [0.4, 0.5) is 0 Å². The molecule has 6 heavy (non-hydrogen) atoms. The van der Waals surface area contributed by atoms with E-state index in [1.165, 1.54) is 0 Å². The van der Waals surface area contributed by atoms with E-state index in [9.17, 15) is 0 Å². The quantitative estimate of drug-likeness (QED) is 0.496. The minimum atomic E-state index is -3.54. The number of hydrogen-bond donors (Lipinski definition) is 0. The van der Waals surface area contributed by atoms with Crippen LogP contribution in [-0.2, 0) is 0 Å². The first-order valence-electron chi connectivity index (χ1n) is 7.00. The van der Waals surface area contributed by atoms with Crippen molar-refractivity contribution in [3.63, 3.8) is 0 Å². The van der Waals surface area contributed by atoms with E-state index in [2.05, 4.69) is 0 Å². The molecule has 0 heterocycles. The molecule has 0 bridgehead atoms. The molecule has 0 N–H and O–H groups in total. The molecule has 0 aromatic rings. The molecular weight excluding hydrogens is 72.1 g/mol. The lowest BCUT2D eigenvalue weighted by Crippen LogP contribution is -1.81. The fraction of sp³-hybridized carbons (Fsp3) is 1.00. The fourth-order valence-corrected chi connectivity index (χ4v) is 0.125. The maximum atomic E-state index is 7.54. The fourth-order valence-electron chi connectivity index (χ4n) is 0.125. The van der Waals surface area contributed by atoms with Crippen LogP contribution in [0.1, 0.15) is 48.5 Å². The Balaban J connectivity index is 6.04. The Morgan fingerprint density at radius 3 is 2.83 bits per heavy atom. The van der Waals surface area contributed by atoms with Gasteiger partial charge >= 0.3 is 0 Å². The zero-order valence-electron chi connectivity index (χ0n) is 14.5. The molecule has 0 fully saturated rings. The highest BCUT2D eigenvalue weighted by Crippen LogP contribution is 2.00. The van der Waals surface area contributed by atoms with E-state index in [4.69, 9.17) is 15.1 Å². The third-order valence-corrected chi connectivity index (χ3v) is 0.250. The molecule has 0 saturated carbocycles. The second-order valence-corrected chi connectivity index (χ2v) is 0.750. The van der Waals surface area contributed by atoms with E-state index in [0.717, 1.165) is 0 Å². The van der Waals surface area contributed by atoms with Gasteiger partial charge in [-0.15, -0.1) is 0 Å². The summed E-state index contributed by atoms with van der Waals surface area (Å²) in [5.41, 5.74) is 0. The van der Waals surface area contributed by atoms with Crippen LogP contribution in [0, 0.1) is 5.89 Å². The van der Waals surface area contributed by atoms with Crippen molar-refractivity contribution in [3.8, 4) is 0 Å². The van der Waals surface area contributed by atoms with Gasteiger partial charge in [-0.3, -0.25) is 0 Å². The van der Waals surface area contributed by atoms with Gasteiger partial charge in [-0.2, -0.15) is 0 Å². The molecule has 0 aliphatic carbocycles. The highest BCUT2D eigenvalue weighted by atomic mass is 13.9. The van der Waals surface area contributed by atoms with Gasteiger partial charge in [0.15, 0.2) is 0 Å². The maximum absolute atomic E-state index is 7.54. The molecular formula is C6H14. The molecule has 0 rings (SSSR count). The van der Waals surface area contributed by atoms with Crippen LogP contribution < -0.4 is 0 Å². The Labute approximate surface area is 56.0 Å². The van der Waals surface area contributed by atoms with Gasteiger partial charge < -0.3 is 0 Å². The van der Waals surface area contributed by atoms with E-state index in [-0.39, 0.29) is 0 Å². The van der Waals surface area contributed by atoms with Gasteiger partial charge in [-0.25, -0.2) is 0 Å². The van der Waals surface area contributed by atoms with Crippen molar-refractivity contribution in [2.24, 2.45) is 5.89 Å². The van der Waals surface area contributed by atoms with Crippen molar-refractivity contribution in [1.29, 1.82) is 0 Å². The van der Waals surface area contributed by atoms with Gasteiger partial charge in [0, 0.05) is 15.1 Å². The normalized spacial score (nSPS) is 47.8. The molecule has 38 valence electrons. The first-order valence-corrected chi connectivity index (χ1v) is 1.50. The lowest BCUT2D eigenvalue weighted by atomic mass is 10.1. The highest BCUT2D eigenvalue weighted by Gasteiger charge is 1.85. The van der Waals surface area contributed by atoms with Gasteiger partial charge in [-0.05, 0) is 5.89 Å². The van der Waals surface area contributed by atoms with E-state index < -0.39 is 32.3 Å². The molecule has 0 saturated heterocycles. The van der Waals surface area contributed by atoms with Gasteiger partial charge in [0.1, 0.15) is 0 Å². The minimum Gasteiger partial charge on any atom is -0.0654 e. The molecule has 0 heteroatoms. The molecule has 0 spiro atoms. The Hall–Kier alpha value is 0. The average molecular weight is 97.2 g/mol. The van der Waals surface area contributed by atoms with Gasteiger partial charge in [0.25, 0.3) is 0 Å². The minimum absolute atomic E-state index is 0.716. The molecule has 0 atom stereocenters. The second kappa shape index (κ2) is 3.20. The Bertz CT molecular complexity index is 262. The molecule has 0 aliphatic heterocycles. The first kappa shape index (κ1) is 0.586. The topological polar surface area (TPSA) is 0 Å². The molecule has 0 aromatic carbocycles. The zero-order chi connectivity index (χ0) is 14.5. The van der Waals surface area contributed by atoms with Crippen LogP contribution >= 0.6 is 0 Å². The largest absolute Gasteiger partial charge is 0.0654 e. The standard InChI is InChI=1S/C6H14/c1-4-5-6(2)3/h6H,4-5H2,1-3H3/i2D3,3D3,4D2,5D2,6D. The van der Waals surface area contributed by atoms with Crippen molar-refractivity contribution < 1.29 is 15.1 Å². The Kier molecular flexibility index (Phi) is 0.312. The summed E-state index contributed by atoms with van der Waals surface area (Å²) in [6.07, 6.45) is -6.14. The molecule has 0 nitrogen and oxygen atoms in total. The Morgan fingerprint density at radius 1 is 2.00 bits per heavy atom. The average Bonchev–Trinajstić information content (AvgIpc) is 1.95. The summed E-state index contributed by atoms with van der Waals surface area (Å²) in [6, 6.07) is 0. The predicted octanol–water partition coefficient (Wildman–Crippen LogP) is 2.44. The lowest BCUT2D eigenvalue weighted by Gasteiger charge is -1.95. The second-order valence-electron chi connectivity index (χ2n) is 0.750. The van der Waals surface area contributed by atoms with E-state index in [1.54, 1.807) is 0 Å². The Morgan fingerprint density at radius 2 is 2.67 bits per heavy atom. The van der Waals surface area contributed by atoms with Crippen molar-refractivity contribution in [3.05, 3.63) is 0 Å². The van der Waals surface area contributed by atoms with Crippen LogP contribution in [0.15, 0.2) is 0 Å². The molecule has 0 unspecified atom stereocenters. The molecule has 0 aliphatic rings. The smallest absolute Gasteiger partial charge is 0.0297 e. The van der Waals surface area contributed by atoms with Gasteiger partial charge in [0.05, 0.1) is 0 Å². The van der Waals surface area contributed by atoms with Crippen LogP contribution in [0.25, 0.3) is 0 Å². The summed E-state index contributed by atoms with van der Waals surface area (Å²) < 4.78 is 79.2. The van der Waals surface area contributed by atoms with Crippen molar-refractivity contribution in [2.75, 3.05) is 0 Å². The molecule has 0 amide bonds. The third kappa shape index (κ3) is 4.00. The van der Waals surface area contributed by atoms with Gasteiger partial charge in [0.2, 0.25) is 0 Å². The van der Waals surface area contributed by atoms with Crippen molar-refractivity contribution in [1.82, 2.24) is 0 Å². The van der Waals surface area contributed by atoms with Crippen LogP contribution in [0.2, 0.25) is 0 Å². The van der Waals surface area contributed by atoms with Gasteiger partial charge in [-0.1, -0.05) is 33.4 Å². The summed E-state index contributed by atoms with van der Waals surface area (Å²) in [4.78, 5) is 0. The molecule has 0 aromatic heterocycles. The summed E-state index contributed by atoms with van der Waals surface area (Å²) >= 11 is 0. The van der Waals surface area contributed by atoms with E-state index in [0.29, 0.717) is 6.92 Å². The number of hydrogen-bond acceptors (Lipinski definition) is 0. The van der Waals surface area contributed by atoms with Crippen molar-refractivity contribution >= 4 is 0 Å². The summed E-state index contributed by atoms with van der Waals surface area (Å²) in [5.74, 6) is -3.54. The van der Waals surface area contributed by atoms with Crippen LogP contribution in [-0.4, -0.2) is 0 Å². The first-order chi connectivity index (χ1) is 7.00. The van der Waals surface area contributed by atoms with Crippen LogP contribution in [0.3, 0.4) is 0 Å².